The van der Waals surface area contributed by atoms with Gasteiger partial charge in [-0.15, -0.1) is 10.2 Å². The number of carbonyl (C=O) groups is 1. The Morgan fingerprint density at radius 2 is 1.88 bits per heavy atom. The third-order valence-corrected chi connectivity index (χ3v) is 6.90. The van der Waals surface area contributed by atoms with E-state index in [0.29, 0.717) is 10.6 Å². The second-order valence-electron chi connectivity index (χ2n) is 9.05. The van der Waals surface area contributed by atoms with Crippen molar-refractivity contribution in [3.05, 3.63) is 82.1 Å². The minimum absolute atomic E-state index is 0.0164. The molecule has 2 aromatic heterocycles. The Morgan fingerprint density at radius 3 is 2.60 bits per heavy atom. The van der Waals surface area contributed by atoms with Gasteiger partial charge in [0.1, 0.15) is 17.8 Å². The van der Waals surface area contributed by atoms with E-state index in [0.717, 1.165) is 0 Å². The van der Waals surface area contributed by atoms with Crippen molar-refractivity contribution in [2.75, 3.05) is 24.6 Å². The third kappa shape index (κ3) is 5.97. The first-order valence-corrected chi connectivity index (χ1v) is 12.7. The number of hydrogen-bond donors (Lipinski definition) is 0. The van der Waals surface area contributed by atoms with Crippen molar-refractivity contribution in [2.45, 2.75) is 19.2 Å². The summed E-state index contributed by atoms with van der Waals surface area (Å²) in [5, 5.41) is 12.3. The number of alkyl halides is 3. The highest BCUT2D eigenvalue weighted by molar-refractivity contribution is 6.34. The fourth-order valence-electron chi connectivity index (χ4n) is 4.11. The molecular formula is C26H20Cl2F3N5O4. The number of rotatable bonds is 8. The van der Waals surface area contributed by atoms with Crippen molar-refractivity contribution in [2.24, 2.45) is 5.41 Å². The molecule has 1 fully saturated rings. The molecule has 1 aliphatic heterocycles. The summed E-state index contributed by atoms with van der Waals surface area (Å²) < 4.78 is 58.5. The van der Waals surface area contributed by atoms with Gasteiger partial charge in [-0.25, -0.2) is 4.79 Å². The summed E-state index contributed by atoms with van der Waals surface area (Å²) in [5.74, 6) is -0.0961. The van der Waals surface area contributed by atoms with E-state index in [1.165, 1.54) is 35.2 Å². The van der Waals surface area contributed by atoms with E-state index in [-0.39, 0.29) is 60.1 Å². The Balaban J connectivity index is 1.23. The SMILES string of the molecule is O=C(OCc1noc(-c2ccc(N3CCC(COc4cc(Cl)ccc4Cl)(C(F)(F)F)C3)nn2)n1)c1ccccc1. The van der Waals surface area contributed by atoms with Crippen LogP contribution in [0, 0.1) is 5.41 Å². The Morgan fingerprint density at radius 1 is 1.07 bits per heavy atom. The first-order valence-electron chi connectivity index (χ1n) is 11.9. The Kier molecular flexibility index (Phi) is 7.81. The minimum Gasteiger partial charge on any atom is -0.491 e. The molecular weight excluding hydrogens is 574 g/mol. The fraction of sp³-hybridized carbons (Fsp3) is 0.269. The molecule has 5 rings (SSSR count). The zero-order valence-electron chi connectivity index (χ0n) is 20.6. The minimum atomic E-state index is -4.55. The van der Waals surface area contributed by atoms with E-state index in [9.17, 15) is 18.0 Å². The van der Waals surface area contributed by atoms with Gasteiger partial charge in [0.05, 0.1) is 10.6 Å². The molecule has 3 heterocycles. The summed E-state index contributed by atoms with van der Waals surface area (Å²) in [4.78, 5) is 17.7. The van der Waals surface area contributed by atoms with Gasteiger partial charge in [0.2, 0.25) is 5.82 Å². The summed E-state index contributed by atoms with van der Waals surface area (Å²) >= 11 is 12.0. The van der Waals surface area contributed by atoms with E-state index >= 15 is 0 Å². The van der Waals surface area contributed by atoms with E-state index in [4.69, 9.17) is 37.2 Å². The Labute approximate surface area is 235 Å². The first-order chi connectivity index (χ1) is 19.1. The smallest absolute Gasteiger partial charge is 0.399 e. The topological polar surface area (TPSA) is 103 Å². The molecule has 0 amide bonds. The maximum absolute atomic E-state index is 14.2. The van der Waals surface area contributed by atoms with Gasteiger partial charge in [0, 0.05) is 24.2 Å². The van der Waals surface area contributed by atoms with Crippen LogP contribution in [0.3, 0.4) is 0 Å². The molecule has 14 heteroatoms. The average molecular weight is 594 g/mol. The average Bonchev–Trinajstić information content (AvgIpc) is 3.61. The molecule has 1 unspecified atom stereocenters. The second kappa shape index (κ2) is 11.3. The molecule has 1 atom stereocenters. The van der Waals surface area contributed by atoms with Crippen LogP contribution in [0.2, 0.25) is 10.0 Å². The molecule has 40 heavy (non-hydrogen) atoms. The van der Waals surface area contributed by atoms with Gasteiger partial charge in [-0.1, -0.05) is 46.6 Å². The van der Waals surface area contributed by atoms with Crippen LogP contribution in [0.4, 0.5) is 19.0 Å². The molecule has 2 aromatic carbocycles. The van der Waals surface area contributed by atoms with Crippen LogP contribution in [-0.2, 0) is 11.3 Å². The molecule has 0 saturated carbocycles. The number of benzene rings is 2. The first kappa shape index (κ1) is 27.7. The maximum Gasteiger partial charge on any atom is 0.399 e. The molecule has 0 N–H and O–H groups in total. The zero-order valence-corrected chi connectivity index (χ0v) is 22.1. The quantitative estimate of drug-likeness (QED) is 0.226. The molecule has 0 spiro atoms. The van der Waals surface area contributed by atoms with Crippen molar-refractivity contribution in [3.8, 4) is 17.3 Å². The fourth-order valence-corrected chi connectivity index (χ4v) is 4.45. The second-order valence-corrected chi connectivity index (χ2v) is 9.89. The van der Waals surface area contributed by atoms with Crippen molar-refractivity contribution in [3.63, 3.8) is 0 Å². The number of nitrogens with zero attached hydrogens (tertiary/aromatic N) is 5. The number of aromatic nitrogens is 4. The van der Waals surface area contributed by atoms with Crippen molar-refractivity contribution in [1.82, 2.24) is 20.3 Å². The van der Waals surface area contributed by atoms with Gasteiger partial charge in [0.15, 0.2) is 18.1 Å². The molecule has 9 nitrogen and oxygen atoms in total. The standard InChI is InChI=1S/C26H20Cl2F3N5O4/c27-17-6-7-18(28)20(12-17)39-15-25(26(29,30)31)10-11-36(14-25)22-9-8-19(33-34-22)23-32-21(35-40-23)13-38-24(37)16-4-2-1-3-5-16/h1-9,12H,10-11,13-15H2. The number of ether oxygens (including phenoxy) is 2. The molecule has 208 valence electrons. The van der Waals surface area contributed by atoms with Crippen LogP contribution >= 0.6 is 23.2 Å². The van der Waals surface area contributed by atoms with Crippen LogP contribution in [0.5, 0.6) is 5.75 Å². The largest absolute Gasteiger partial charge is 0.491 e. The number of halogens is 5. The van der Waals surface area contributed by atoms with E-state index in [2.05, 4.69) is 20.3 Å². The molecule has 4 aromatic rings. The predicted molar refractivity (Wildman–Crippen MR) is 138 cm³/mol. The van der Waals surface area contributed by atoms with Gasteiger partial charge in [0.25, 0.3) is 5.89 Å². The Bertz CT molecular complexity index is 1490. The summed E-state index contributed by atoms with van der Waals surface area (Å²) in [7, 11) is 0. The summed E-state index contributed by atoms with van der Waals surface area (Å²) in [6.07, 6.45) is -4.77. The molecule has 0 radical (unpaired) electrons. The van der Waals surface area contributed by atoms with Crippen LogP contribution in [0.1, 0.15) is 22.6 Å². The van der Waals surface area contributed by atoms with Crippen molar-refractivity contribution < 1.29 is 32.0 Å². The number of hydrogen-bond acceptors (Lipinski definition) is 9. The lowest BCUT2D eigenvalue weighted by atomic mass is 9.87. The van der Waals surface area contributed by atoms with Crippen LogP contribution < -0.4 is 9.64 Å². The monoisotopic (exact) mass is 593 g/mol. The molecule has 0 bridgehead atoms. The zero-order chi connectivity index (χ0) is 28.3. The van der Waals surface area contributed by atoms with Crippen molar-refractivity contribution >= 4 is 35.0 Å². The van der Waals surface area contributed by atoms with Crippen LogP contribution in [0.15, 0.2) is 65.2 Å². The number of esters is 1. The van der Waals surface area contributed by atoms with E-state index in [1.807, 2.05) is 0 Å². The lowest BCUT2D eigenvalue weighted by Crippen LogP contribution is -2.45. The molecule has 1 aliphatic rings. The third-order valence-electron chi connectivity index (χ3n) is 6.36. The number of carbonyl (C=O) groups excluding carboxylic acids is 1. The van der Waals surface area contributed by atoms with Gasteiger partial charge in [-0.05, 0) is 42.8 Å². The summed E-state index contributed by atoms with van der Waals surface area (Å²) in [6, 6.07) is 15.8. The van der Waals surface area contributed by atoms with Gasteiger partial charge in [-0.3, -0.25) is 0 Å². The van der Waals surface area contributed by atoms with Gasteiger partial charge < -0.3 is 18.9 Å². The predicted octanol–water partition coefficient (Wildman–Crippen LogP) is 6.03. The highest BCUT2D eigenvalue weighted by Crippen LogP contribution is 2.47. The highest BCUT2D eigenvalue weighted by Gasteiger charge is 2.59. The summed E-state index contributed by atoms with van der Waals surface area (Å²) in [5.41, 5.74) is -1.57. The lowest BCUT2D eigenvalue weighted by Gasteiger charge is -2.31. The Hall–Kier alpha value is -3.90. The summed E-state index contributed by atoms with van der Waals surface area (Å²) in [6.45, 7) is -1.17. The highest BCUT2D eigenvalue weighted by atomic mass is 35.5. The normalized spacial score (nSPS) is 17.2. The van der Waals surface area contributed by atoms with Gasteiger partial charge in [-0.2, -0.15) is 18.2 Å². The van der Waals surface area contributed by atoms with E-state index < -0.39 is 24.2 Å². The van der Waals surface area contributed by atoms with Crippen LogP contribution in [-0.4, -0.2) is 52.2 Å². The van der Waals surface area contributed by atoms with Crippen LogP contribution in [0.25, 0.3) is 11.6 Å². The van der Waals surface area contributed by atoms with E-state index in [1.54, 1.807) is 30.3 Å². The van der Waals surface area contributed by atoms with Gasteiger partial charge >= 0.3 is 12.1 Å². The lowest BCUT2D eigenvalue weighted by molar-refractivity contribution is -0.225. The maximum atomic E-state index is 14.2. The molecule has 1 saturated heterocycles. The molecule has 0 aliphatic carbocycles. The van der Waals surface area contributed by atoms with Crippen molar-refractivity contribution in [1.29, 1.82) is 0 Å². The number of anilines is 1.